The van der Waals surface area contributed by atoms with Gasteiger partial charge in [-0.25, -0.2) is 0 Å². The zero-order valence-electron chi connectivity index (χ0n) is 12.8. The molecular weight excluding hydrogens is 276 g/mol. The monoisotopic (exact) mass is 298 g/mol. The molecule has 0 aliphatic carbocycles. The maximum atomic E-state index is 10.9. The summed E-state index contributed by atoms with van der Waals surface area (Å²) in [5, 5.41) is 21.4. The summed E-state index contributed by atoms with van der Waals surface area (Å²) in [5.41, 5.74) is 1.62. The van der Waals surface area contributed by atoms with Crippen LogP contribution in [-0.4, -0.2) is 39.7 Å². The van der Waals surface area contributed by atoms with E-state index in [1.54, 1.807) is 24.4 Å². The maximum absolute atomic E-state index is 10.9. The zero-order chi connectivity index (χ0) is 15.7. The standard InChI is InChI=1S/C18H22N2O2/c1-3-12-4-7-17(20(2)11-12)18(22)14-8-9-19-16-6-5-13(21)10-15(14)16/h3,5-6,8-10,12,17-18,21-22H,1,4,7,11H2,2H3/t12-,17-,18+/m1/s1. The summed E-state index contributed by atoms with van der Waals surface area (Å²) in [6.45, 7) is 4.79. The number of aliphatic hydroxyl groups is 1. The number of likely N-dealkylation sites (N-methyl/N-ethyl adjacent to an activating group) is 1. The summed E-state index contributed by atoms with van der Waals surface area (Å²) in [5.74, 6) is 0.685. The molecule has 0 bridgehead atoms. The Bertz CT molecular complexity index is 686. The summed E-state index contributed by atoms with van der Waals surface area (Å²) < 4.78 is 0. The highest BCUT2D eigenvalue weighted by molar-refractivity contribution is 5.83. The van der Waals surface area contributed by atoms with Crippen LogP contribution in [0.15, 0.2) is 43.1 Å². The van der Waals surface area contributed by atoms with Gasteiger partial charge < -0.3 is 10.2 Å². The molecule has 0 amide bonds. The van der Waals surface area contributed by atoms with Gasteiger partial charge in [0.1, 0.15) is 5.75 Å². The molecular formula is C18H22N2O2. The van der Waals surface area contributed by atoms with E-state index in [9.17, 15) is 10.2 Å². The van der Waals surface area contributed by atoms with Crippen LogP contribution in [-0.2, 0) is 0 Å². The maximum Gasteiger partial charge on any atom is 0.116 e. The van der Waals surface area contributed by atoms with E-state index in [0.717, 1.165) is 35.9 Å². The summed E-state index contributed by atoms with van der Waals surface area (Å²) in [6, 6.07) is 6.99. The molecule has 2 N–H and O–H groups in total. The van der Waals surface area contributed by atoms with Crippen LogP contribution >= 0.6 is 0 Å². The van der Waals surface area contributed by atoms with Gasteiger partial charge in [0.15, 0.2) is 0 Å². The van der Waals surface area contributed by atoms with E-state index in [2.05, 4.69) is 16.5 Å². The third kappa shape index (κ3) is 2.72. The van der Waals surface area contributed by atoms with E-state index in [1.165, 1.54) is 0 Å². The van der Waals surface area contributed by atoms with E-state index in [-0.39, 0.29) is 11.8 Å². The Balaban J connectivity index is 1.94. The fourth-order valence-corrected chi connectivity index (χ4v) is 3.41. The van der Waals surface area contributed by atoms with Gasteiger partial charge in [0.05, 0.1) is 11.6 Å². The zero-order valence-corrected chi connectivity index (χ0v) is 12.8. The van der Waals surface area contributed by atoms with Crippen molar-refractivity contribution in [3.8, 4) is 5.75 Å². The first-order chi connectivity index (χ1) is 10.6. The van der Waals surface area contributed by atoms with Crippen molar-refractivity contribution in [1.29, 1.82) is 0 Å². The van der Waals surface area contributed by atoms with Gasteiger partial charge in [-0.05, 0) is 55.6 Å². The molecule has 0 unspecified atom stereocenters. The Morgan fingerprint density at radius 1 is 1.36 bits per heavy atom. The minimum Gasteiger partial charge on any atom is -0.508 e. The average Bonchev–Trinajstić information content (AvgIpc) is 2.53. The quantitative estimate of drug-likeness (QED) is 0.856. The number of piperidine rings is 1. The van der Waals surface area contributed by atoms with Crippen molar-refractivity contribution >= 4 is 10.9 Å². The van der Waals surface area contributed by atoms with Crippen molar-refractivity contribution in [1.82, 2.24) is 9.88 Å². The predicted octanol–water partition coefficient (Wildman–Crippen LogP) is 2.87. The lowest BCUT2D eigenvalue weighted by atomic mass is 9.87. The molecule has 3 rings (SSSR count). The largest absolute Gasteiger partial charge is 0.508 e. The van der Waals surface area contributed by atoms with Gasteiger partial charge in [0, 0.05) is 24.2 Å². The fourth-order valence-electron chi connectivity index (χ4n) is 3.41. The molecule has 1 aromatic heterocycles. The van der Waals surface area contributed by atoms with Gasteiger partial charge in [-0.3, -0.25) is 9.88 Å². The van der Waals surface area contributed by atoms with Crippen molar-refractivity contribution < 1.29 is 10.2 Å². The van der Waals surface area contributed by atoms with Crippen LogP contribution in [0.5, 0.6) is 5.75 Å². The molecule has 2 aromatic rings. The smallest absolute Gasteiger partial charge is 0.116 e. The van der Waals surface area contributed by atoms with Gasteiger partial charge in [-0.2, -0.15) is 0 Å². The van der Waals surface area contributed by atoms with Gasteiger partial charge in [0.2, 0.25) is 0 Å². The van der Waals surface area contributed by atoms with Crippen LogP contribution in [0.3, 0.4) is 0 Å². The Morgan fingerprint density at radius 3 is 2.91 bits per heavy atom. The minimum atomic E-state index is -0.594. The number of pyridine rings is 1. The number of benzene rings is 1. The van der Waals surface area contributed by atoms with E-state index < -0.39 is 6.10 Å². The van der Waals surface area contributed by atoms with Crippen LogP contribution in [0.1, 0.15) is 24.5 Å². The number of hydrogen-bond donors (Lipinski definition) is 2. The summed E-state index contributed by atoms with van der Waals surface area (Å²) in [6.07, 6.45) is 5.09. The molecule has 1 aliphatic rings. The van der Waals surface area contributed by atoms with Gasteiger partial charge >= 0.3 is 0 Å². The number of aliphatic hydroxyl groups excluding tert-OH is 1. The molecule has 1 aliphatic heterocycles. The second-order valence-corrected chi connectivity index (χ2v) is 6.13. The van der Waals surface area contributed by atoms with Crippen molar-refractivity contribution in [3.05, 3.63) is 48.7 Å². The van der Waals surface area contributed by atoms with Gasteiger partial charge in [-0.15, -0.1) is 6.58 Å². The first kappa shape index (κ1) is 15.0. The van der Waals surface area contributed by atoms with Gasteiger partial charge in [0.25, 0.3) is 0 Å². The van der Waals surface area contributed by atoms with Crippen molar-refractivity contribution in [2.45, 2.75) is 25.0 Å². The second-order valence-electron chi connectivity index (χ2n) is 6.13. The average molecular weight is 298 g/mol. The van der Waals surface area contributed by atoms with Crippen LogP contribution in [0, 0.1) is 5.92 Å². The number of likely N-dealkylation sites (tertiary alicyclic amines) is 1. The number of rotatable bonds is 3. The number of phenolic OH excluding ortho intramolecular Hbond substituents is 1. The number of fused-ring (bicyclic) bond motifs is 1. The Labute approximate surface area is 130 Å². The summed E-state index contributed by atoms with van der Waals surface area (Å²) >= 11 is 0. The predicted molar refractivity (Wildman–Crippen MR) is 87.7 cm³/mol. The molecule has 116 valence electrons. The third-order valence-corrected chi connectivity index (χ3v) is 4.70. The Kier molecular flexibility index (Phi) is 4.14. The molecule has 1 fully saturated rings. The van der Waals surface area contributed by atoms with Gasteiger partial charge in [-0.1, -0.05) is 6.08 Å². The van der Waals surface area contributed by atoms with E-state index in [0.29, 0.717) is 5.92 Å². The molecule has 4 heteroatoms. The topological polar surface area (TPSA) is 56.6 Å². The first-order valence-electron chi connectivity index (χ1n) is 7.68. The highest BCUT2D eigenvalue weighted by Gasteiger charge is 2.31. The van der Waals surface area contributed by atoms with E-state index in [4.69, 9.17) is 0 Å². The Hall–Kier alpha value is -1.91. The highest BCUT2D eigenvalue weighted by Crippen LogP contribution is 2.34. The molecule has 4 nitrogen and oxygen atoms in total. The van der Waals surface area contributed by atoms with E-state index in [1.807, 2.05) is 19.2 Å². The number of phenols is 1. The highest BCUT2D eigenvalue weighted by atomic mass is 16.3. The van der Waals surface area contributed by atoms with Crippen molar-refractivity contribution in [2.24, 2.45) is 5.92 Å². The van der Waals surface area contributed by atoms with Crippen LogP contribution in [0.2, 0.25) is 0 Å². The van der Waals surface area contributed by atoms with Crippen molar-refractivity contribution in [3.63, 3.8) is 0 Å². The molecule has 3 atom stereocenters. The minimum absolute atomic E-state index is 0.0733. The summed E-state index contributed by atoms with van der Waals surface area (Å²) in [4.78, 5) is 6.51. The summed E-state index contributed by atoms with van der Waals surface area (Å²) in [7, 11) is 2.05. The van der Waals surface area contributed by atoms with Crippen LogP contribution < -0.4 is 0 Å². The van der Waals surface area contributed by atoms with Crippen molar-refractivity contribution in [2.75, 3.05) is 13.6 Å². The molecule has 0 saturated carbocycles. The molecule has 1 saturated heterocycles. The fraction of sp³-hybridized carbons (Fsp3) is 0.389. The molecule has 22 heavy (non-hydrogen) atoms. The Morgan fingerprint density at radius 2 is 2.18 bits per heavy atom. The van der Waals surface area contributed by atoms with E-state index >= 15 is 0 Å². The first-order valence-corrected chi connectivity index (χ1v) is 7.68. The molecule has 1 aromatic carbocycles. The lowest BCUT2D eigenvalue weighted by Gasteiger charge is -2.39. The van der Waals surface area contributed by atoms with Crippen LogP contribution in [0.4, 0.5) is 0 Å². The van der Waals surface area contributed by atoms with Crippen LogP contribution in [0.25, 0.3) is 10.9 Å². The normalized spacial score (nSPS) is 24.3. The molecule has 0 spiro atoms. The number of hydrogen-bond acceptors (Lipinski definition) is 4. The SMILES string of the molecule is C=C[C@@H]1CC[C@H]([C@@H](O)c2ccnc3ccc(O)cc23)N(C)C1. The number of aromatic hydroxyl groups is 1. The second kappa shape index (κ2) is 6.07. The lowest BCUT2D eigenvalue weighted by Crippen LogP contribution is -2.43. The third-order valence-electron chi connectivity index (χ3n) is 4.70. The lowest BCUT2D eigenvalue weighted by molar-refractivity contribution is 0.0309. The molecule has 2 heterocycles. The number of nitrogens with zero attached hydrogens (tertiary/aromatic N) is 2. The molecule has 0 radical (unpaired) electrons. The number of aromatic nitrogens is 1.